The monoisotopic (exact) mass is 253 g/mol. The van der Waals surface area contributed by atoms with Gasteiger partial charge in [0.2, 0.25) is 11.7 Å². The van der Waals surface area contributed by atoms with Crippen molar-refractivity contribution in [3.05, 3.63) is 11.7 Å². The van der Waals surface area contributed by atoms with Crippen LogP contribution in [0.4, 0.5) is 0 Å². The summed E-state index contributed by atoms with van der Waals surface area (Å²) in [6, 6.07) is 0. The van der Waals surface area contributed by atoms with Crippen molar-refractivity contribution in [3.8, 4) is 0 Å². The van der Waals surface area contributed by atoms with Gasteiger partial charge in [-0.15, -0.1) is 0 Å². The Morgan fingerprint density at radius 1 is 1.56 bits per heavy atom. The maximum absolute atomic E-state index is 6.20. The highest BCUT2D eigenvalue weighted by atomic mass is 16.5. The second-order valence-electron chi connectivity index (χ2n) is 5.13. The molecule has 2 unspecified atom stereocenters. The summed E-state index contributed by atoms with van der Waals surface area (Å²) in [6.07, 6.45) is 3.02. The van der Waals surface area contributed by atoms with Gasteiger partial charge < -0.3 is 19.7 Å². The Balaban J connectivity index is 1.79. The van der Waals surface area contributed by atoms with Crippen LogP contribution in [-0.2, 0) is 15.0 Å². The van der Waals surface area contributed by atoms with E-state index < -0.39 is 5.54 Å². The Bertz CT molecular complexity index is 410. The highest BCUT2D eigenvalue weighted by Crippen LogP contribution is 2.42. The number of nitrogens with two attached hydrogens (primary N) is 1. The molecule has 0 bridgehead atoms. The predicted octanol–water partition coefficient (Wildman–Crippen LogP) is 1.13. The van der Waals surface area contributed by atoms with Gasteiger partial charge in [-0.2, -0.15) is 4.98 Å². The lowest BCUT2D eigenvalue weighted by Gasteiger charge is -2.15. The van der Waals surface area contributed by atoms with Gasteiger partial charge in [0.1, 0.15) is 11.6 Å². The van der Waals surface area contributed by atoms with Crippen LogP contribution in [-0.4, -0.2) is 30.0 Å². The van der Waals surface area contributed by atoms with Crippen LogP contribution >= 0.6 is 0 Å². The number of hydrogen-bond acceptors (Lipinski definition) is 6. The Morgan fingerprint density at radius 2 is 2.39 bits per heavy atom. The Hall–Kier alpha value is -0.980. The average Bonchev–Trinajstić information content (AvgIpc) is 2.89. The van der Waals surface area contributed by atoms with Crippen LogP contribution < -0.4 is 5.73 Å². The SMILES string of the molecule is CCOC(c1noc(C2(N)CCOC2)n1)C1CC1. The van der Waals surface area contributed by atoms with E-state index in [9.17, 15) is 0 Å². The van der Waals surface area contributed by atoms with Crippen molar-refractivity contribution in [2.75, 3.05) is 19.8 Å². The molecule has 1 aliphatic carbocycles. The van der Waals surface area contributed by atoms with Crippen molar-refractivity contribution in [2.24, 2.45) is 11.7 Å². The first-order valence-electron chi connectivity index (χ1n) is 6.55. The van der Waals surface area contributed by atoms with E-state index >= 15 is 0 Å². The molecule has 2 atom stereocenters. The summed E-state index contributed by atoms with van der Waals surface area (Å²) >= 11 is 0. The number of ether oxygens (including phenoxy) is 2. The van der Waals surface area contributed by atoms with Crippen LogP contribution in [0.2, 0.25) is 0 Å². The zero-order chi connectivity index (χ0) is 12.6. The third-order valence-electron chi connectivity index (χ3n) is 3.57. The van der Waals surface area contributed by atoms with Crippen LogP contribution in [0.1, 0.15) is 44.0 Å². The highest BCUT2D eigenvalue weighted by molar-refractivity contribution is 5.07. The summed E-state index contributed by atoms with van der Waals surface area (Å²) < 4.78 is 16.3. The van der Waals surface area contributed by atoms with Gasteiger partial charge in [0.15, 0.2) is 0 Å². The molecule has 1 saturated carbocycles. The fraction of sp³-hybridized carbons (Fsp3) is 0.833. The van der Waals surface area contributed by atoms with E-state index in [1.165, 1.54) is 12.8 Å². The molecule has 1 aliphatic heterocycles. The van der Waals surface area contributed by atoms with Crippen LogP contribution in [0.5, 0.6) is 0 Å². The van der Waals surface area contributed by atoms with Crippen LogP contribution in [0.25, 0.3) is 0 Å². The molecule has 18 heavy (non-hydrogen) atoms. The van der Waals surface area contributed by atoms with E-state index in [-0.39, 0.29) is 6.10 Å². The Labute approximate surface area is 106 Å². The Morgan fingerprint density at radius 3 is 3.00 bits per heavy atom. The van der Waals surface area contributed by atoms with Crippen LogP contribution in [0.3, 0.4) is 0 Å². The standard InChI is InChI=1S/C12H19N3O3/c1-2-17-9(8-3-4-8)10-14-11(18-15-10)12(13)5-6-16-7-12/h8-9H,2-7,13H2,1H3. The maximum Gasteiger partial charge on any atom is 0.249 e. The quantitative estimate of drug-likeness (QED) is 0.847. The fourth-order valence-electron chi connectivity index (χ4n) is 2.30. The van der Waals surface area contributed by atoms with Gasteiger partial charge in [0.25, 0.3) is 0 Å². The van der Waals surface area contributed by atoms with Crippen molar-refractivity contribution < 1.29 is 14.0 Å². The molecule has 2 N–H and O–H groups in total. The molecule has 0 spiro atoms. The number of rotatable bonds is 5. The zero-order valence-corrected chi connectivity index (χ0v) is 10.6. The molecular formula is C12H19N3O3. The normalized spacial score (nSPS) is 29.7. The molecule has 0 amide bonds. The molecule has 100 valence electrons. The molecule has 2 aliphatic rings. The van der Waals surface area contributed by atoms with Gasteiger partial charge in [-0.25, -0.2) is 0 Å². The van der Waals surface area contributed by atoms with Crippen LogP contribution in [0.15, 0.2) is 4.52 Å². The Kier molecular flexibility index (Phi) is 3.09. The van der Waals surface area contributed by atoms with E-state index in [4.69, 9.17) is 19.7 Å². The molecule has 1 aromatic rings. The molecule has 6 nitrogen and oxygen atoms in total. The van der Waals surface area contributed by atoms with Crippen molar-refractivity contribution in [3.63, 3.8) is 0 Å². The third-order valence-corrected chi connectivity index (χ3v) is 3.57. The van der Waals surface area contributed by atoms with E-state index in [1.54, 1.807) is 0 Å². The van der Waals surface area contributed by atoms with Gasteiger partial charge in [0.05, 0.1) is 6.61 Å². The summed E-state index contributed by atoms with van der Waals surface area (Å²) in [4.78, 5) is 4.44. The van der Waals surface area contributed by atoms with Gasteiger partial charge in [0, 0.05) is 13.2 Å². The first-order valence-corrected chi connectivity index (χ1v) is 6.55. The van der Waals surface area contributed by atoms with E-state index in [2.05, 4.69) is 10.1 Å². The lowest BCUT2D eigenvalue weighted by atomic mass is 10.0. The summed E-state index contributed by atoms with van der Waals surface area (Å²) in [7, 11) is 0. The lowest BCUT2D eigenvalue weighted by Crippen LogP contribution is -2.37. The summed E-state index contributed by atoms with van der Waals surface area (Å²) in [5.74, 6) is 1.63. The van der Waals surface area contributed by atoms with Crippen LogP contribution in [0, 0.1) is 5.92 Å². The predicted molar refractivity (Wildman–Crippen MR) is 62.7 cm³/mol. The lowest BCUT2D eigenvalue weighted by molar-refractivity contribution is 0.0384. The zero-order valence-electron chi connectivity index (χ0n) is 10.6. The van der Waals surface area contributed by atoms with E-state index in [1.807, 2.05) is 6.92 Å². The molecule has 6 heteroatoms. The number of nitrogens with zero attached hydrogens (tertiary/aromatic N) is 2. The maximum atomic E-state index is 6.20. The van der Waals surface area contributed by atoms with Gasteiger partial charge in [-0.05, 0) is 32.1 Å². The fourth-order valence-corrected chi connectivity index (χ4v) is 2.30. The van der Waals surface area contributed by atoms with Gasteiger partial charge in [-0.1, -0.05) is 5.16 Å². The summed E-state index contributed by atoms with van der Waals surface area (Å²) in [6.45, 7) is 3.72. The van der Waals surface area contributed by atoms with E-state index in [0.717, 1.165) is 6.42 Å². The second kappa shape index (κ2) is 4.60. The number of aromatic nitrogens is 2. The molecule has 0 radical (unpaired) electrons. The van der Waals surface area contributed by atoms with E-state index in [0.29, 0.717) is 37.5 Å². The minimum atomic E-state index is -0.619. The molecular weight excluding hydrogens is 234 g/mol. The molecule has 2 heterocycles. The molecule has 1 aromatic heterocycles. The first kappa shape index (κ1) is 12.1. The van der Waals surface area contributed by atoms with Crippen molar-refractivity contribution in [1.29, 1.82) is 0 Å². The highest BCUT2D eigenvalue weighted by Gasteiger charge is 2.41. The second-order valence-corrected chi connectivity index (χ2v) is 5.13. The first-order chi connectivity index (χ1) is 8.73. The smallest absolute Gasteiger partial charge is 0.249 e. The van der Waals surface area contributed by atoms with Crippen molar-refractivity contribution >= 4 is 0 Å². The van der Waals surface area contributed by atoms with Gasteiger partial charge >= 0.3 is 0 Å². The topological polar surface area (TPSA) is 83.4 Å². The summed E-state index contributed by atoms with van der Waals surface area (Å²) in [5, 5.41) is 4.04. The number of hydrogen-bond donors (Lipinski definition) is 1. The molecule has 1 saturated heterocycles. The molecule has 0 aromatic carbocycles. The average molecular weight is 253 g/mol. The van der Waals surface area contributed by atoms with Crippen molar-refractivity contribution in [2.45, 2.75) is 37.8 Å². The van der Waals surface area contributed by atoms with Gasteiger partial charge in [-0.3, -0.25) is 0 Å². The summed E-state index contributed by atoms with van der Waals surface area (Å²) in [5.41, 5.74) is 5.58. The largest absolute Gasteiger partial charge is 0.379 e. The molecule has 2 fully saturated rings. The minimum Gasteiger partial charge on any atom is -0.379 e. The molecule has 3 rings (SSSR count). The minimum absolute atomic E-state index is 0.0431. The van der Waals surface area contributed by atoms with Crippen molar-refractivity contribution in [1.82, 2.24) is 10.1 Å². The third kappa shape index (κ3) is 2.15.